The van der Waals surface area contributed by atoms with E-state index in [2.05, 4.69) is 49.4 Å². The summed E-state index contributed by atoms with van der Waals surface area (Å²) in [6.45, 7) is 0. The highest BCUT2D eigenvalue weighted by Crippen LogP contribution is 2.59. The third kappa shape index (κ3) is 1.34. The van der Waals surface area contributed by atoms with Crippen molar-refractivity contribution in [2.75, 3.05) is 5.73 Å². The number of nitrogen functional groups attached to an aromatic ring is 1. The lowest BCUT2D eigenvalue weighted by Crippen LogP contribution is -2.19. The molecule has 2 fully saturated rings. The van der Waals surface area contributed by atoms with Crippen molar-refractivity contribution in [1.82, 2.24) is 14.5 Å². The Bertz CT molecular complexity index is 610. The lowest BCUT2D eigenvalue weighted by atomic mass is 10.1. The Labute approximate surface area is 113 Å². The second-order valence-corrected chi connectivity index (χ2v) is 6.20. The summed E-state index contributed by atoms with van der Waals surface area (Å²) in [6, 6.07) is 2.12. The van der Waals surface area contributed by atoms with Crippen molar-refractivity contribution in [3.05, 3.63) is 16.0 Å². The minimum Gasteiger partial charge on any atom is -0.368 e. The van der Waals surface area contributed by atoms with E-state index in [1.807, 2.05) is 0 Å². The van der Waals surface area contributed by atoms with Gasteiger partial charge in [0.1, 0.15) is 9.35 Å². The molecule has 0 saturated heterocycles. The van der Waals surface area contributed by atoms with Gasteiger partial charge in [0.05, 0.1) is 5.39 Å². The second kappa shape index (κ2) is 3.13. The van der Waals surface area contributed by atoms with Crippen molar-refractivity contribution in [3.8, 4) is 0 Å². The van der Waals surface area contributed by atoms with E-state index in [9.17, 15) is 0 Å². The quantitative estimate of drug-likeness (QED) is 0.675. The van der Waals surface area contributed by atoms with Gasteiger partial charge in [0, 0.05) is 11.7 Å². The van der Waals surface area contributed by atoms with E-state index in [0.29, 0.717) is 11.5 Å². The van der Waals surface area contributed by atoms with E-state index in [1.165, 1.54) is 25.7 Å². The van der Waals surface area contributed by atoms with Gasteiger partial charge in [0.25, 0.3) is 0 Å². The molecule has 2 aliphatic carbocycles. The van der Waals surface area contributed by atoms with Crippen LogP contribution < -0.4 is 5.73 Å². The zero-order valence-electron chi connectivity index (χ0n) is 9.36. The van der Waals surface area contributed by atoms with Crippen LogP contribution in [0.3, 0.4) is 0 Å². The van der Waals surface area contributed by atoms with Gasteiger partial charge >= 0.3 is 0 Å². The van der Waals surface area contributed by atoms with Crippen LogP contribution in [-0.4, -0.2) is 14.5 Å². The molecule has 4 nitrogen and oxygen atoms in total. The summed E-state index contributed by atoms with van der Waals surface area (Å²) in [6.07, 6.45) is 7.50. The highest BCUT2D eigenvalue weighted by atomic mass is 127. The number of halogens is 1. The van der Waals surface area contributed by atoms with Crippen LogP contribution in [0.5, 0.6) is 0 Å². The van der Waals surface area contributed by atoms with Gasteiger partial charge in [-0.2, -0.15) is 4.98 Å². The Morgan fingerprint density at radius 1 is 1.35 bits per heavy atom. The Balaban J connectivity index is 1.96. The molecule has 88 valence electrons. The maximum atomic E-state index is 5.77. The number of nitrogens with two attached hydrogens (primary N) is 1. The fourth-order valence-corrected chi connectivity index (χ4v) is 3.62. The molecule has 0 unspecified atom stereocenters. The van der Waals surface area contributed by atoms with Crippen LogP contribution in [-0.2, 0) is 5.54 Å². The number of nitrogens with zero attached hydrogens (tertiary/aromatic N) is 3. The van der Waals surface area contributed by atoms with Gasteiger partial charge in [-0.15, -0.1) is 0 Å². The van der Waals surface area contributed by atoms with Gasteiger partial charge < -0.3 is 10.3 Å². The van der Waals surface area contributed by atoms with Crippen molar-refractivity contribution in [1.29, 1.82) is 0 Å². The molecule has 2 aliphatic rings. The molecule has 5 heteroatoms. The van der Waals surface area contributed by atoms with E-state index < -0.39 is 0 Å². The predicted octanol–water partition coefficient (Wildman–Crippen LogP) is 2.52. The first-order chi connectivity index (χ1) is 8.21. The average molecular weight is 340 g/mol. The standard InChI is InChI=1S/C12H13IN4/c13-9-8-3-6-17(10(8)16-11(14)15-9)12(4-5-12)7-1-2-7/h3,6-7H,1-2,4-5H2,(H2,14,15,16). The number of hydrogen-bond donors (Lipinski definition) is 1. The van der Waals surface area contributed by atoms with Gasteiger partial charge in [0.2, 0.25) is 5.95 Å². The zero-order chi connectivity index (χ0) is 11.6. The summed E-state index contributed by atoms with van der Waals surface area (Å²) >= 11 is 2.23. The molecule has 2 aromatic heterocycles. The van der Waals surface area contributed by atoms with Gasteiger partial charge in [-0.3, -0.25) is 0 Å². The van der Waals surface area contributed by atoms with Gasteiger partial charge in [-0.1, -0.05) is 0 Å². The molecule has 2 saturated carbocycles. The molecule has 0 aromatic carbocycles. The molecular weight excluding hydrogens is 327 g/mol. The summed E-state index contributed by atoms with van der Waals surface area (Å²) in [7, 11) is 0. The molecular formula is C12H13IN4. The van der Waals surface area contributed by atoms with Crippen LogP contribution in [0.1, 0.15) is 25.7 Å². The van der Waals surface area contributed by atoms with Crippen LogP contribution in [0.2, 0.25) is 0 Å². The molecule has 2 N–H and O–H groups in total. The smallest absolute Gasteiger partial charge is 0.223 e. The highest BCUT2D eigenvalue weighted by molar-refractivity contribution is 14.1. The molecule has 0 bridgehead atoms. The Kier molecular flexibility index (Phi) is 1.86. The fourth-order valence-electron chi connectivity index (χ4n) is 2.95. The van der Waals surface area contributed by atoms with Crippen molar-refractivity contribution < 1.29 is 0 Å². The van der Waals surface area contributed by atoms with Gasteiger partial charge in [-0.05, 0) is 60.3 Å². The summed E-state index contributed by atoms with van der Waals surface area (Å²) in [5.41, 5.74) is 7.15. The van der Waals surface area contributed by atoms with Crippen LogP contribution in [0.4, 0.5) is 5.95 Å². The number of anilines is 1. The Hall–Kier alpha value is -0.850. The first-order valence-corrected chi connectivity index (χ1v) is 7.09. The molecule has 0 amide bonds. The number of aromatic nitrogens is 3. The van der Waals surface area contributed by atoms with Crippen LogP contribution in [0.15, 0.2) is 12.3 Å². The molecule has 17 heavy (non-hydrogen) atoms. The normalized spacial score (nSPS) is 21.9. The average Bonchev–Trinajstić information content (AvgIpc) is 3.16. The number of hydrogen-bond acceptors (Lipinski definition) is 3. The summed E-state index contributed by atoms with van der Waals surface area (Å²) in [4.78, 5) is 8.66. The molecule has 0 spiro atoms. The number of rotatable bonds is 2. The summed E-state index contributed by atoms with van der Waals surface area (Å²) < 4.78 is 3.32. The minimum atomic E-state index is 0.367. The zero-order valence-corrected chi connectivity index (χ0v) is 11.5. The minimum absolute atomic E-state index is 0.367. The molecule has 0 aliphatic heterocycles. The fraction of sp³-hybridized carbons (Fsp3) is 0.500. The van der Waals surface area contributed by atoms with E-state index in [4.69, 9.17) is 5.73 Å². The molecule has 2 aromatic rings. The Morgan fingerprint density at radius 2 is 2.12 bits per heavy atom. The van der Waals surface area contributed by atoms with Crippen molar-refractivity contribution in [2.24, 2.45) is 5.92 Å². The summed E-state index contributed by atoms with van der Waals surface area (Å²) in [5.74, 6) is 1.25. The van der Waals surface area contributed by atoms with Crippen LogP contribution >= 0.6 is 22.6 Å². The lowest BCUT2D eigenvalue weighted by molar-refractivity contribution is 0.432. The molecule has 2 heterocycles. The highest BCUT2D eigenvalue weighted by Gasteiger charge is 2.55. The third-order valence-electron chi connectivity index (χ3n) is 4.09. The number of fused-ring (bicyclic) bond motifs is 1. The first kappa shape index (κ1) is 10.1. The SMILES string of the molecule is Nc1nc(I)c2ccn(C3(C4CC4)CC3)c2n1. The molecule has 0 atom stereocenters. The monoisotopic (exact) mass is 340 g/mol. The Morgan fingerprint density at radius 3 is 2.76 bits per heavy atom. The van der Waals surface area contributed by atoms with Crippen molar-refractivity contribution in [2.45, 2.75) is 31.2 Å². The molecule has 0 radical (unpaired) electrons. The van der Waals surface area contributed by atoms with Gasteiger partial charge in [0.15, 0.2) is 0 Å². The largest absolute Gasteiger partial charge is 0.368 e. The maximum absolute atomic E-state index is 5.77. The lowest BCUT2D eigenvalue weighted by Gasteiger charge is -2.17. The predicted molar refractivity (Wildman–Crippen MR) is 74.6 cm³/mol. The topological polar surface area (TPSA) is 56.7 Å². The van der Waals surface area contributed by atoms with Crippen molar-refractivity contribution >= 4 is 39.6 Å². The third-order valence-corrected chi connectivity index (χ3v) is 4.92. The van der Waals surface area contributed by atoms with E-state index in [-0.39, 0.29) is 0 Å². The van der Waals surface area contributed by atoms with Gasteiger partial charge in [-0.25, -0.2) is 4.98 Å². The van der Waals surface area contributed by atoms with Crippen LogP contribution in [0, 0.1) is 9.62 Å². The molecule has 4 rings (SSSR count). The van der Waals surface area contributed by atoms with Crippen LogP contribution in [0.25, 0.3) is 11.0 Å². The van der Waals surface area contributed by atoms with E-state index >= 15 is 0 Å². The first-order valence-electron chi connectivity index (χ1n) is 6.01. The van der Waals surface area contributed by atoms with Crippen molar-refractivity contribution in [3.63, 3.8) is 0 Å². The van der Waals surface area contributed by atoms with E-state index in [1.54, 1.807) is 0 Å². The maximum Gasteiger partial charge on any atom is 0.223 e. The summed E-state index contributed by atoms with van der Waals surface area (Å²) in [5, 5.41) is 1.13. The van der Waals surface area contributed by atoms with E-state index in [0.717, 1.165) is 20.7 Å². The second-order valence-electron chi connectivity index (χ2n) is 5.17.